The molecule has 2 aromatic carbocycles. The SMILES string of the molecule is CCCCS(=O)(=O)N1CCc2c(OCCc3nc(-c4ccccc4)oc3C)ccc(C(C)C(=O)O)c2C1. The zero-order chi connectivity index (χ0) is 26.6. The number of nitrogens with zero attached hydrogens (tertiary/aromatic N) is 2. The third-order valence-corrected chi connectivity index (χ3v) is 8.77. The number of hydrogen-bond acceptors (Lipinski definition) is 6. The molecule has 0 radical (unpaired) electrons. The van der Waals surface area contributed by atoms with Crippen LogP contribution in [0.5, 0.6) is 5.75 Å². The van der Waals surface area contributed by atoms with Gasteiger partial charge in [0.25, 0.3) is 0 Å². The predicted octanol–water partition coefficient (Wildman–Crippen LogP) is 4.95. The Bertz CT molecular complexity index is 1350. The number of oxazole rings is 1. The van der Waals surface area contributed by atoms with Gasteiger partial charge in [0, 0.05) is 30.6 Å². The number of carbonyl (C=O) groups is 1. The van der Waals surface area contributed by atoms with Crippen LogP contribution in [0.4, 0.5) is 0 Å². The molecule has 0 aliphatic carbocycles. The van der Waals surface area contributed by atoms with E-state index in [9.17, 15) is 18.3 Å². The maximum absolute atomic E-state index is 12.9. The van der Waals surface area contributed by atoms with Gasteiger partial charge in [0.2, 0.25) is 15.9 Å². The summed E-state index contributed by atoms with van der Waals surface area (Å²) in [6, 6.07) is 13.3. The Morgan fingerprint density at radius 3 is 2.65 bits per heavy atom. The van der Waals surface area contributed by atoms with E-state index in [1.165, 1.54) is 4.31 Å². The molecule has 0 bridgehead atoms. The summed E-state index contributed by atoms with van der Waals surface area (Å²) in [5, 5.41) is 9.65. The number of aromatic nitrogens is 1. The van der Waals surface area contributed by atoms with E-state index in [1.807, 2.05) is 44.2 Å². The van der Waals surface area contributed by atoms with Gasteiger partial charge in [-0.05, 0) is 56.0 Å². The number of ether oxygens (including phenoxy) is 1. The monoisotopic (exact) mass is 526 g/mol. The molecule has 0 amide bonds. The molecule has 0 spiro atoms. The number of benzene rings is 2. The van der Waals surface area contributed by atoms with Gasteiger partial charge in [0.15, 0.2) is 0 Å². The Hall–Kier alpha value is -3.17. The van der Waals surface area contributed by atoms with Gasteiger partial charge in [-0.3, -0.25) is 4.79 Å². The van der Waals surface area contributed by atoms with Gasteiger partial charge < -0.3 is 14.3 Å². The summed E-state index contributed by atoms with van der Waals surface area (Å²) in [5.41, 5.74) is 3.98. The van der Waals surface area contributed by atoms with E-state index in [4.69, 9.17) is 9.15 Å². The molecule has 8 nitrogen and oxygen atoms in total. The quantitative estimate of drug-likeness (QED) is 0.376. The lowest BCUT2D eigenvalue weighted by Crippen LogP contribution is -2.38. The van der Waals surface area contributed by atoms with Crippen LogP contribution in [0.25, 0.3) is 11.5 Å². The summed E-state index contributed by atoms with van der Waals surface area (Å²) >= 11 is 0. The first kappa shape index (κ1) is 26.9. The van der Waals surface area contributed by atoms with Crippen molar-refractivity contribution in [1.29, 1.82) is 0 Å². The van der Waals surface area contributed by atoms with Crippen molar-refractivity contribution < 1.29 is 27.5 Å². The third-order valence-electron chi connectivity index (χ3n) is 6.87. The van der Waals surface area contributed by atoms with Crippen LogP contribution in [0.2, 0.25) is 0 Å². The van der Waals surface area contributed by atoms with Crippen LogP contribution in [-0.2, 0) is 34.2 Å². The first-order valence-corrected chi connectivity index (χ1v) is 14.3. The fourth-order valence-electron chi connectivity index (χ4n) is 4.63. The number of hydrogen-bond donors (Lipinski definition) is 1. The number of carboxylic acid groups (broad SMARTS) is 1. The van der Waals surface area contributed by atoms with Crippen LogP contribution < -0.4 is 4.74 Å². The minimum atomic E-state index is -3.42. The van der Waals surface area contributed by atoms with Crippen LogP contribution in [0, 0.1) is 6.92 Å². The van der Waals surface area contributed by atoms with E-state index in [1.54, 1.807) is 19.1 Å². The lowest BCUT2D eigenvalue weighted by atomic mass is 9.88. The van der Waals surface area contributed by atoms with Crippen LogP contribution >= 0.6 is 0 Å². The van der Waals surface area contributed by atoms with Crippen molar-refractivity contribution in [3.63, 3.8) is 0 Å². The molecule has 0 saturated heterocycles. The fraction of sp³-hybridized carbons (Fsp3) is 0.429. The van der Waals surface area contributed by atoms with E-state index in [0.717, 1.165) is 34.6 Å². The smallest absolute Gasteiger partial charge is 0.310 e. The molecule has 1 unspecified atom stereocenters. The first-order chi connectivity index (χ1) is 17.7. The lowest BCUT2D eigenvalue weighted by molar-refractivity contribution is -0.138. The highest BCUT2D eigenvalue weighted by Crippen LogP contribution is 2.35. The van der Waals surface area contributed by atoms with E-state index in [0.29, 0.717) is 49.6 Å². The second-order valence-corrected chi connectivity index (χ2v) is 11.5. The third kappa shape index (κ3) is 6.05. The molecule has 1 aliphatic heterocycles. The zero-order valence-corrected chi connectivity index (χ0v) is 22.4. The predicted molar refractivity (Wildman–Crippen MR) is 141 cm³/mol. The summed E-state index contributed by atoms with van der Waals surface area (Å²) in [6.07, 6.45) is 2.40. The highest BCUT2D eigenvalue weighted by Gasteiger charge is 2.31. The van der Waals surface area contributed by atoms with Gasteiger partial charge in [-0.1, -0.05) is 37.6 Å². The lowest BCUT2D eigenvalue weighted by Gasteiger charge is -2.31. The molecule has 1 N–H and O–H groups in total. The summed E-state index contributed by atoms with van der Waals surface area (Å²) in [4.78, 5) is 16.4. The standard InChI is InChI=1S/C28H34N2O6S/c1-4-5-17-37(33,34)30-15-13-23-24(18-30)22(19(2)28(31)32)11-12-26(23)35-16-14-25-20(3)36-27(29-25)21-9-7-6-8-10-21/h6-12,19H,4-5,13-18H2,1-3H3,(H,31,32). The van der Waals surface area contributed by atoms with Gasteiger partial charge in [-0.2, -0.15) is 4.31 Å². The van der Waals surface area contributed by atoms with Crippen LogP contribution in [0.1, 0.15) is 60.8 Å². The number of aliphatic carboxylic acids is 1. The van der Waals surface area contributed by atoms with E-state index < -0.39 is 21.9 Å². The number of rotatable bonds is 11. The second kappa shape index (κ2) is 11.5. The maximum atomic E-state index is 12.9. The molecule has 198 valence electrons. The van der Waals surface area contributed by atoms with Crippen LogP contribution in [0.15, 0.2) is 46.9 Å². The summed E-state index contributed by atoms with van der Waals surface area (Å²) in [6.45, 7) is 6.34. The maximum Gasteiger partial charge on any atom is 0.310 e. The number of carboxylic acids is 1. The first-order valence-electron chi connectivity index (χ1n) is 12.7. The van der Waals surface area contributed by atoms with Crippen molar-refractivity contribution in [3.8, 4) is 17.2 Å². The largest absolute Gasteiger partial charge is 0.493 e. The molecule has 9 heteroatoms. The number of fused-ring (bicyclic) bond motifs is 1. The molecular weight excluding hydrogens is 492 g/mol. The molecular formula is C28H34N2O6S. The molecule has 2 heterocycles. The summed E-state index contributed by atoms with van der Waals surface area (Å²) < 4.78 is 39.3. The van der Waals surface area contributed by atoms with Crippen molar-refractivity contribution >= 4 is 16.0 Å². The number of sulfonamides is 1. The van der Waals surface area contributed by atoms with Crippen molar-refractivity contribution in [2.24, 2.45) is 0 Å². The Kier molecular flexibility index (Phi) is 8.34. The highest BCUT2D eigenvalue weighted by molar-refractivity contribution is 7.89. The molecule has 1 aliphatic rings. The van der Waals surface area contributed by atoms with E-state index >= 15 is 0 Å². The van der Waals surface area contributed by atoms with Crippen molar-refractivity contribution in [2.45, 2.75) is 58.9 Å². The molecule has 0 fully saturated rings. The fourth-order valence-corrected chi connectivity index (χ4v) is 6.24. The normalized spacial score (nSPS) is 14.8. The molecule has 1 aromatic heterocycles. The average molecular weight is 527 g/mol. The van der Waals surface area contributed by atoms with Crippen LogP contribution in [-0.4, -0.2) is 47.7 Å². The Labute approximate surface area is 218 Å². The highest BCUT2D eigenvalue weighted by atomic mass is 32.2. The van der Waals surface area contributed by atoms with Gasteiger partial charge in [-0.25, -0.2) is 13.4 Å². The summed E-state index contributed by atoms with van der Waals surface area (Å²) in [5.74, 6) is 0.366. The molecule has 3 aromatic rings. The van der Waals surface area contributed by atoms with Crippen molar-refractivity contribution in [2.75, 3.05) is 18.9 Å². The molecule has 0 saturated carbocycles. The minimum Gasteiger partial charge on any atom is -0.493 e. The van der Waals surface area contributed by atoms with Crippen molar-refractivity contribution in [3.05, 3.63) is 70.6 Å². The van der Waals surface area contributed by atoms with Gasteiger partial charge >= 0.3 is 5.97 Å². The van der Waals surface area contributed by atoms with Crippen molar-refractivity contribution in [1.82, 2.24) is 9.29 Å². The second-order valence-electron chi connectivity index (χ2n) is 9.41. The van der Waals surface area contributed by atoms with Gasteiger partial charge in [-0.15, -0.1) is 0 Å². The Morgan fingerprint density at radius 2 is 1.95 bits per heavy atom. The molecule has 1 atom stereocenters. The number of unbranched alkanes of at least 4 members (excludes halogenated alkanes) is 1. The van der Waals surface area contributed by atoms with Gasteiger partial charge in [0.1, 0.15) is 11.5 Å². The van der Waals surface area contributed by atoms with E-state index in [2.05, 4.69) is 4.98 Å². The Balaban J connectivity index is 1.54. The topological polar surface area (TPSA) is 110 Å². The number of aryl methyl sites for hydroxylation is 1. The van der Waals surface area contributed by atoms with Crippen LogP contribution in [0.3, 0.4) is 0 Å². The van der Waals surface area contributed by atoms with Gasteiger partial charge in [0.05, 0.1) is 24.0 Å². The minimum absolute atomic E-state index is 0.0981. The average Bonchev–Trinajstić information content (AvgIpc) is 3.27. The van der Waals surface area contributed by atoms with E-state index in [-0.39, 0.29) is 12.3 Å². The zero-order valence-electron chi connectivity index (χ0n) is 21.6. The molecule has 37 heavy (non-hydrogen) atoms. The summed E-state index contributed by atoms with van der Waals surface area (Å²) in [7, 11) is -3.42. The Morgan fingerprint density at radius 1 is 1.19 bits per heavy atom. The molecule has 4 rings (SSSR count).